The van der Waals surface area contributed by atoms with E-state index in [1.807, 2.05) is 28.2 Å². The molecule has 0 spiro atoms. The van der Waals surface area contributed by atoms with Crippen molar-refractivity contribution in [2.24, 2.45) is 0 Å². The maximum atomic E-state index is 4.64. The Hall–Kier alpha value is -3.30. The van der Waals surface area contributed by atoms with Crippen LogP contribution in [-0.2, 0) is 6.42 Å². The zero-order valence-corrected chi connectivity index (χ0v) is 16.9. The lowest BCUT2D eigenvalue weighted by atomic mass is 10.2. The fourth-order valence-corrected chi connectivity index (χ4v) is 4.05. The Labute approximate surface area is 168 Å². The monoisotopic (exact) mass is 392 g/mol. The standard InChI is InChI=1S/C19H24N10/c1-4-15-24-25-17-16(20-6-9-28(15)17)26-7-5-8-27(11-10-26)18-13(2)14(3)23-19-21-12-22-29(18)19/h6,9,12H,4-5,7-8,10-11H2,1-3H3. The van der Waals surface area contributed by atoms with Gasteiger partial charge in [-0.2, -0.15) is 14.6 Å². The molecule has 0 aromatic carbocycles. The molecule has 4 aromatic heterocycles. The van der Waals surface area contributed by atoms with E-state index in [0.717, 1.165) is 73.4 Å². The lowest BCUT2D eigenvalue weighted by Gasteiger charge is -2.26. The molecule has 150 valence electrons. The molecule has 29 heavy (non-hydrogen) atoms. The Morgan fingerprint density at radius 2 is 1.83 bits per heavy atom. The van der Waals surface area contributed by atoms with E-state index in [4.69, 9.17) is 0 Å². The molecule has 1 saturated heterocycles. The molecular weight excluding hydrogens is 368 g/mol. The average Bonchev–Trinajstić information content (AvgIpc) is 3.29. The second-order valence-electron chi connectivity index (χ2n) is 7.36. The summed E-state index contributed by atoms with van der Waals surface area (Å²) in [5.74, 6) is 3.58. The van der Waals surface area contributed by atoms with Gasteiger partial charge in [-0.3, -0.25) is 4.40 Å². The smallest absolute Gasteiger partial charge is 0.254 e. The molecule has 5 rings (SSSR count). The van der Waals surface area contributed by atoms with Crippen molar-refractivity contribution in [2.75, 3.05) is 36.0 Å². The van der Waals surface area contributed by atoms with Gasteiger partial charge >= 0.3 is 0 Å². The Balaban J connectivity index is 1.47. The first-order valence-electron chi connectivity index (χ1n) is 10.0. The minimum absolute atomic E-state index is 0.645. The van der Waals surface area contributed by atoms with Crippen LogP contribution in [0.25, 0.3) is 11.4 Å². The van der Waals surface area contributed by atoms with E-state index in [1.54, 1.807) is 6.33 Å². The molecule has 4 aromatic rings. The lowest BCUT2D eigenvalue weighted by molar-refractivity contribution is 0.761. The zero-order valence-electron chi connectivity index (χ0n) is 16.9. The predicted molar refractivity (Wildman–Crippen MR) is 109 cm³/mol. The second-order valence-corrected chi connectivity index (χ2v) is 7.36. The van der Waals surface area contributed by atoms with Crippen molar-refractivity contribution in [3.05, 3.63) is 35.8 Å². The number of hydrogen-bond donors (Lipinski definition) is 0. The molecule has 0 aliphatic carbocycles. The largest absolute Gasteiger partial charge is 0.354 e. The average molecular weight is 392 g/mol. The van der Waals surface area contributed by atoms with Crippen molar-refractivity contribution >= 4 is 23.1 Å². The third kappa shape index (κ3) is 2.86. The third-order valence-electron chi connectivity index (χ3n) is 5.67. The zero-order chi connectivity index (χ0) is 20.0. The Morgan fingerprint density at radius 1 is 1.00 bits per heavy atom. The van der Waals surface area contributed by atoms with Crippen LogP contribution in [0.5, 0.6) is 0 Å². The summed E-state index contributed by atoms with van der Waals surface area (Å²) in [6.45, 7) is 9.77. The minimum atomic E-state index is 0.645. The highest BCUT2D eigenvalue weighted by atomic mass is 15.4. The summed E-state index contributed by atoms with van der Waals surface area (Å²) in [6.07, 6.45) is 7.19. The molecule has 0 bridgehead atoms. The van der Waals surface area contributed by atoms with Crippen LogP contribution in [0.3, 0.4) is 0 Å². The molecule has 0 atom stereocenters. The van der Waals surface area contributed by atoms with E-state index >= 15 is 0 Å². The summed E-state index contributed by atoms with van der Waals surface area (Å²) in [5.41, 5.74) is 2.96. The summed E-state index contributed by atoms with van der Waals surface area (Å²) in [6, 6.07) is 0. The molecule has 5 heterocycles. The van der Waals surface area contributed by atoms with Gasteiger partial charge in [0.25, 0.3) is 5.78 Å². The number of hydrogen-bond acceptors (Lipinski definition) is 8. The lowest BCUT2D eigenvalue weighted by Crippen LogP contribution is -2.33. The van der Waals surface area contributed by atoms with Crippen LogP contribution in [0, 0.1) is 13.8 Å². The Kier molecular flexibility index (Phi) is 4.26. The molecule has 0 radical (unpaired) electrons. The highest BCUT2D eigenvalue weighted by molar-refractivity contribution is 5.64. The number of anilines is 2. The van der Waals surface area contributed by atoms with E-state index < -0.39 is 0 Å². The van der Waals surface area contributed by atoms with E-state index in [1.165, 1.54) is 0 Å². The van der Waals surface area contributed by atoms with Crippen molar-refractivity contribution in [1.82, 2.24) is 39.2 Å². The normalized spacial score (nSPS) is 15.4. The molecule has 1 aliphatic heterocycles. The van der Waals surface area contributed by atoms with E-state index in [2.05, 4.69) is 53.9 Å². The van der Waals surface area contributed by atoms with Gasteiger partial charge in [0, 0.05) is 56.3 Å². The van der Waals surface area contributed by atoms with E-state index in [0.29, 0.717) is 5.78 Å². The summed E-state index contributed by atoms with van der Waals surface area (Å²) in [7, 11) is 0. The SMILES string of the molecule is CCc1nnc2c(N3CCCN(c4c(C)c(C)nc5ncnn45)CC3)nccn12. The summed E-state index contributed by atoms with van der Waals surface area (Å²) < 4.78 is 3.89. The topological polar surface area (TPSA) is 92.6 Å². The molecule has 1 fully saturated rings. The fraction of sp³-hybridized carbons (Fsp3) is 0.474. The van der Waals surface area contributed by atoms with Gasteiger partial charge in [-0.1, -0.05) is 6.92 Å². The predicted octanol–water partition coefficient (Wildman–Crippen LogP) is 1.46. The first-order chi connectivity index (χ1) is 14.2. The molecule has 0 amide bonds. The van der Waals surface area contributed by atoms with Crippen LogP contribution in [0.15, 0.2) is 18.7 Å². The molecule has 0 unspecified atom stereocenters. The number of nitrogens with zero attached hydrogens (tertiary/aromatic N) is 10. The van der Waals surface area contributed by atoms with Gasteiger partial charge in [0.2, 0.25) is 5.65 Å². The van der Waals surface area contributed by atoms with Gasteiger partial charge in [0.1, 0.15) is 18.0 Å². The molecule has 1 aliphatic rings. The maximum Gasteiger partial charge on any atom is 0.254 e. The molecule has 0 saturated carbocycles. The summed E-state index contributed by atoms with van der Waals surface area (Å²) in [4.78, 5) is 18.2. The van der Waals surface area contributed by atoms with Crippen molar-refractivity contribution in [3.8, 4) is 0 Å². The van der Waals surface area contributed by atoms with Crippen LogP contribution in [-0.4, -0.2) is 65.3 Å². The van der Waals surface area contributed by atoms with Gasteiger partial charge in [-0.05, 0) is 20.3 Å². The summed E-state index contributed by atoms with van der Waals surface area (Å²) >= 11 is 0. The fourth-order valence-electron chi connectivity index (χ4n) is 4.05. The third-order valence-corrected chi connectivity index (χ3v) is 5.67. The molecule has 0 N–H and O–H groups in total. The molecule has 10 heteroatoms. The minimum Gasteiger partial charge on any atom is -0.354 e. The van der Waals surface area contributed by atoms with Crippen molar-refractivity contribution in [1.29, 1.82) is 0 Å². The van der Waals surface area contributed by atoms with Gasteiger partial charge in [-0.25, -0.2) is 9.97 Å². The number of aromatic nitrogens is 8. The van der Waals surface area contributed by atoms with Gasteiger partial charge in [0.05, 0.1) is 0 Å². The first kappa shape index (κ1) is 17.8. The van der Waals surface area contributed by atoms with Crippen LogP contribution in [0.1, 0.15) is 30.4 Å². The summed E-state index contributed by atoms with van der Waals surface area (Å²) in [5, 5.41) is 13.1. The molecular formula is C19H24N10. The maximum absolute atomic E-state index is 4.64. The van der Waals surface area contributed by atoms with Crippen molar-refractivity contribution < 1.29 is 0 Å². The van der Waals surface area contributed by atoms with E-state index in [-0.39, 0.29) is 0 Å². The van der Waals surface area contributed by atoms with Crippen LogP contribution >= 0.6 is 0 Å². The second kappa shape index (κ2) is 6.94. The first-order valence-corrected chi connectivity index (χ1v) is 10.0. The number of aryl methyl sites for hydroxylation is 2. The van der Waals surface area contributed by atoms with Gasteiger partial charge < -0.3 is 9.80 Å². The van der Waals surface area contributed by atoms with Crippen molar-refractivity contribution in [3.63, 3.8) is 0 Å². The van der Waals surface area contributed by atoms with Gasteiger partial charge in [0.15, 0.2) is 5.82 Å². The number of fused-ring (bicyclic) bond motifs is 2. The van der Waals surface area contributed by atoms with Crippen LogP contribution in [0.2, 0.25) is 0 Å². The van der Waals surface area contributed by atoms with E-state index in [9.17, 15) is 0 Å². The van der Waals surface area contributed by atoms with Crippen LogP contribution in [0.4, 0.5) is 11.6 Å². The van der Waals surface area contributed by atoms with Gasteiger partial charge in [-0.15, -0.1) is 10.2 Å². The Bertz CT molecular complexity index is 1180. The number of rotatable bonds is 3. The quantitative estimate of drug-likeness (QED) is 0.517. The highest BCUT2D eigenvalue weighted by Gasteiger charge is 2.23. The molecule has 10 nitrogen and oxygen atoms in total. The Morgan fingerprint density at radius 3 is 2.69 bits per heavy atom. The van der Waals surface area contributed by atoms with Crippen molar-refractivity contribution in [2.45, 2.75) is 33.6 Å². The highest BCUT2D eigenvalue weighted by Crippen LogP contribution is 2.25. The van der Waals surface area contributed by atoms with Crippen LogP contribution < -0.4 is 9.80 Å².